The molecule has 0 saturated heterocycles. The van der Waals surface area contributed by atoms with Gasteiger partial charge in [0.25, 0.3) is 0 Å². The van der Waals surface area contributed by atoms with Gasteiger partial charge in [0.15, 0.2) is 0 Å². The number of carbonyl (C=O) groups excluding carboxylic acids is 1. The van der Waals surface area contributed by atoms with Gasteiger partial charge in [-0.3, -0.25) is 4.79 Å². The van der Waals surface area contributed by atoms with Crippen molar-refractivity contribution in [3.8, 4) is 0 Å². The highest BCUT2D eigenvalue weighted by Crippen LogP contribution is 1.95. The van der Waals surface area contributed by atoms with Crippen molar-refractivity contribution < 1.29 is 4.79 Å². The second-order valence-electron chi connectivity index (χ2n) is 2.38. The van der Waals surface area contributed by atoms with E-state index >= 15 is 0 Å². The van der Waals surface area contributed by atoms with Gasteiger partial charge in [-0.25, -0.2) is 0 Å². The lowest BCUT2D eigenvalue weighted by molar-refractivity contribution is 0.384. The first-order valence-corrected chi connectivity index (χ1v) is 3.97. The number of rotatable bonds is 6. The first-order valence-electron chi connectivity index (χ1n) is 3.97. The molecule has 0 rings (SSSR count). The van der Waals surface area contributed by atoms with Gasteiger partial charge in [-0.1, -0.05) is 19.8 Å². The summed E-state index contributed by atoms with van der Waals surface area (Å²) in [4.78, 5) is 11.8. The van der Waals surface area contributed by atoms with E-state index in [0.29, 0.717) is 0 Å². The third-order valence-electron chi connectivity index (χ3n) is 1.54. The maximum atomic E-state index is 10.1. The molecule has 0 saturated carbocycles. The molecular formula is C8H16NO. The minimum Gasteiger partial charge on any atom is -0.335 e. The van der Waals surface area contributed by atoms with E-state index in [4.69, 9.17) is 0 Å². The van der Waals surface area contributed by atoms with Crippen molar-refractivity contribution in [2.24, 2.45) is 0 Å². The summed E-state index contributed by atoms with van der Waals surface area (Å²) in [5, 5.41) is 0. The molecule has 0 unspecified atom stereocenters. The molecule has 2 heteroatoms. The number of amides is 1. The average Bonchev–Trinajstić information content (AvgIpc) is 1.99. The third-order valence-corrected chi connectivity index (χ3v) is 1.54. The zero-order valence-corrected chi connectivity index (χ0v) is 6.89. The zero-order valence-electron chi connectivity index (χ0n) is 6.89. The highest BCUT2D eigenvalue weighted by Gasteiger charge is 1.96. The minimum absolute atomic E-state index is 0.785. The smallest absolute Gasteiger partial charge is 0.312 e. The molecule has 0 atom stereocenters. The van der Waals surface area contributed by atoms with Crippen LogP contribution in [0.3, 0.4) is 0 Å². The summed E-state index contributed by atoms with van der Waals surface area (Å²) < 4.78 is 0. The van der Waals surface area contributed by atoms with E-state index in [1.165, 1.54) is 12.8 Å². The van der Waals surface area contributed by atoms with Gasteiger partial charge in [-0.15, -0.1) is 0 Å². The SMILES string of the molecule is CCCCCN([C]=O)CC. The molecule has 0 fully saturated rings. The van der Waals surface area contributed by atoms with Crippen LogP contribution in [0.1, 0.15) is 33.1 Å². The van der Waals surface area contributed by atoms with E-state index in [2.05, 4.69) is 6.92 Å². The quantitative estimate of drug-likeness (QED) is 0.407. The van der Waals surface area contributed by atoms with E-state index in [9.17, 15) is 4.79 Å². The summed E-state index contributed by atoms with van der Waals surface area (Å²) in [6, 6.07) is 0. The molecule has 10 heavy (non-hydrogen) atoms. The first kappa shape index (κ1) is 9.47. The molecule has 2 nitrogen and oxygen atoms in total. The molecular weight excluding hydrogens is 126 g/mol. The summed E-state index contributed by atoms with van der Waals surface area (Å²) in [6.45, 7) is 5.78. The predicted octanol–water partition coefficient (Wildman–Crippen LogP) is 1.57. The Kier molecular flexibility index (Phi) is 6.24. The van der Waals surface area contributed by atoms with Gasteiger partial charge >= 0.3 is 6.41 Å². The summed E-state index contributed by atoms with van der Waals surface area (Å²) in [7, 11) is 0. The average molecular weight is 142 g/mol. The molecule has 0 bridgehead atoms. The lowest BCUT2D eigenvalue weighted by Crippen LogP contribution is -2.22. The minimum atomic E-state index is 0.785. The highest BCUT2D eigenvalue weighted by atomic mass is 16.1. The molecule has 0 aromatic carbocycles. The van der Waals surface area contributed by atoms with Crippen molar-refractivity contribution in [2.45, 2.75) is 33.1 Å². The van der Waals surface area contributed by atoms with E-state index in [-0.39, 0.29) is 0 Å². The van der Waals surface area contributed by atoms with Crippen LogP contribution in [0.5, 0.6) is 0 Å². The molecule has 0 spiro atoms. The standard InChI is InChI=1S/C8H16NO/c1-3-5-6-7-9(4-2)8-10/h3-7H2,1-2H3. The Morgan fingerprint density at radius 2 is 2.00 bits per heavy atom. The monoisotopic (exact) mass is 142 g/mol. The van der Waals surface area contributed by atoms with Crippen molar-refractivity contribution >= 4 is 6.41 Å². The van der Waals surface area contributed by atoms with Gasteiger partial charge < -0.3 is 4.90 Å². The van der Waals surface area contributed by atoms with Crippen LogP contribution >= 0.6 is 0 Å². The van der Waals surface area contributed by atoms with Gasteiger partial charge in [0, 0.05) is 13.1 Å². The fourth-order valence-corrected chi connectivity index (χ4v) is 0.821. The van der Waals surface area contributed by atoms with Gasteiger partial charge in [-0.05, 0) is 13.3 Å². The van der Waals surface area contributed by atoms with Crippen molar-refractivity contribution in [1.29, 1.82) is 0 Å². The predicted molar refractivity (Wildman–Crippen MR) is 42.5 cm³/mol. The second-order valence-corrected chi connectivity index (χ2v) is 2.38. The van der Waals surface area contributed by atoms with Gasteiger partial charge in [0.2, 0.25) is 0 Å². The van der Waals surface area contributed by atoms with Crippen LogP contribution in [0.2, 0.25) is 0 Å². The normalized spacial score (nSPS) is 9.40. The van der Waals surface area contributed by atoms with Crippen molar-refractivity contribution in [1.82, 2.24) is 4.90 Å². The maximum Gasteiger partial charge on any atom is 0.312 e. The fourth-order valence-electron chi connectivity index (χ4n) is 0.821. The van der Waals surface area contributed by atoms with Crippen LogP contribution in [0.4, 0.5) is 0 Å². The molecule has 0 aliphatic rings. The van der Waals surface area contributed by atoms with Crippen molar-refractivity contribution in [2.75, 3.05) is 13.1 Å². The summed E-state index contributed by atoms with van der Waals surface area (Å²) in [6.07, 6.45) is 5.42. The largest absolute Gasteiger partial charge is 0.335 e. The number of unbranched alkanes of at least 4 members (excludes halogenated alkanes) is 2. The Hall–Kier alpha value is -0.530. The molecule has 1 amide bonds. The Bertz CT molecular complexity index is 83.3. The number of nitrogens with zero attached hydrogens (tertiary/aromatic N) is 1. The van der Waals surface area contributed by atoms with Gasteiger partial charge in [0.05, 0.1) is 0 Å². The van der Waals surface area contributed by atoms with E-state index in [1.807, 2.05) is 13.3 Å². The Balaban J connectivity index is 3.17. The second kappa shape index (κ2) is 6.59. The molecule has 0 aliphatic heterocycles. The van der Waals surface area contributed by atoms with Crippen LogP contribution in [0, 0.1) is 0 Å². The van der Waals surface area contributed by atoms with E-state index in [0.717, 1.165) is 19.5 Å². The molecule has 0 aliphatic carbocycles. The third kappa shape index (κ3) is 4.36. The lowest BCUT2D eigenvalue weighted by atomic mass is 10.2. The molecule has 59 valence electrons. The van der Waals surface area contributed by atoms with Crippen LogP contribution in [-0.2, 0) is 4.79 Å². The van der Waals surface area contributed by atoms with Crippen LogP contribution in [0.15, 0.2) is 0 Å². The molecule has 0 N–H and O–H groups in total. The van der Waals surface area contributed by atoms with Gasteiger partial charge in [-0.2, -0.15) is 0 Å². The van der Waals surface area contributed by atoms with Crippen molar-refractivity contribution in [3.05, 3.63) is 0 Å². The Labute approximate surface area is 63.2 Å². The summed E-state index contributed by atoms with van der Waals surface area (Å²) >= 11 is 0. The number of hydrogen-bond donors (Lipinski definition) is 0. The van der Waals surface area contributed by atoms with Crippen LogP contribution in [0.25, 0.3) is 0 Å². The summed E-state index contributed by atoms with van der Waals surface area (Å²) in [5.41, 5.74) is 0. The van der Waals surface area contributed by atoms with E-state index < -0.39 is 0 Å². The molecule has 0 heterocycles. The zero-order chi connectivity index (χ0) is 7.82. The summed E-state index contributed by atoms with van der Waals surface area (Å²) in [5.74, 6) is 0. The topological polar surface area (TPSA) is 20.3 Å². The fraction of sp³-hybridized carbons (Fsp3) is 0.875. The maximum absolute atomic E-state index is 10.1. The first-order chi connectivity index (χ1) is 4.85. The molecule has 1 radical (unpaired) electrons. The van der Waals surface area contributed by atoms with Crippen LogP contribution < -0.4 is 0 Å². The van der Waals surface area contributed by atoms with Crippen molar-refractivity contribution in [3.63, 3.8) is 0 Å². The van der Waals surface area contributed by atoms with Crippen LogP contribution in [-0.4, -0.2) is 24.4 Å². The Morgan fingerprint density at radius 3 is 2.40 bits per heavy atom. The highest BCUT2D eigenvalue weighted by molar-refractivity contribution is 5.47. The molecule has 0 aromatic rings. The number of hydrogen-bond acceptors (Lipinski definition) is 1. The Morgan fingerprint density at radius 1 is 1.30 bits per heavy atom. The lowest BCUT2D eigenvalue weighted by Gasteiger charge is -2.11. The van der Waals surface area contributed by atoms with E-state index in [1.54, 1.807) is 4.90 Å². The molecule has 0 aromatic heterocycles. The van der Waals surface area contributed by atoms with Gasteiger partial charge in [0.1, 0.15) is 0 Å².